The van der Waals surface area contributed by atoms with Crippen LogP contribution in [0.1, 0.15) is 50.8 Å². The predicted molar refractivity (Wildman–Crippen MR) is 97.2 cm³/mol. The first-order valence-corrected chi connectivity index (χ1v) is 9.93. The van der Waals surface area contributed by atoms with Gasteiger partial charge in [0.15, 0.2) is 5.82 Å². The van der Waals surface area contributed by atoms with Gasteiger partial charge in [0.25, 0.3) is 0 Å². The number of nitrogens with zero attached hydrogens (tertiary/aromatic N) is 5. The Morgan fingerprint density at radius 3 is 2.77 bits per heavy atom. The second kappa shape index (κ2) is 6.49. The molecule has 1 amide bonds. The molecule has 0 aromatic carbocycles. The summed E-state index contributed by atoms with van der Waals surface area (Å²) in [6.45, 7) is 0.805. The Bertz CT molecular complexity index is 796. The Labute approximate surface area is 153 Å². The number of hydrogen-bond acceptors (Lipinski definition) is 4. The lowest BCUT2D eigenvalue weighted by Crippen LogP contribution is -2.42. The molecule has 4 heterocycles. The van der Waals surface area contributed by atoms with Gasteiger partial charge in [-0.15, -0.1) is 10.2 Å². The molecule has 1 saturated carbocycles. The summed E-state index contributed by atoms with van der Waals surface area (Å²) in [6, 6.07) is 4.52. The van der Waals surface area contributed by atoms with Gasteiger partial charge in [0.1, 0.15) is 5.82 Å². The van der Waals surface area contributed by atoms with Gasteiger partial charge < -0.3 is 9.47 Å². The number of carbonyl (C=O) groups is 1. The van der Waals surface area contributed by atoms with Gasteiger partial charge in [-0.1, -0.05) is 12.8 Å². The van der Waals surface area contributed by atoms with E-state index in [9.17, 15) is 4.79 Å². The van der Waals surface area contributed by atoms with Gasteiger partial charge in [-0.05, 0) is 43.7 Å². The Morgan fingerprint density at radius 1 is 1.12 bits per heavy atom. The zero-order valence-electron chi connectivity index (χ0n) is 15.0. The van der Waals surface area contributed by atoms with Crippen LogP contribution in [0.3, 0.4) is 0 Å². The van der Waals surface area contributed by atoms with Crippen molar-refractivity contribution in [1.29, 1.82) is 0 Å². The van der Waals surface area contributed by atoms with E-state index in [0.29, 0.717) is 17.9 Å². The van der Waals surface area contributed by atoms with Crippen LogP contribution in [0.15, 0.2) is 24.5 Å². The van der Waals surface area contributed by atoms with Gasteiger partial charge in [0.2, 0.25) is 5.91 Å². The van der Waals surface area contributed by atoms with Crippen molar-refractivity contribution in [3.63, 3.8) is 0 Å². The highest BCUT2D eigenvalue weighted by Gasteiger charge is 2.41. The minimum Gasteiger partial charge on any atom is -0.334 e. The van der Waals surface area contributed by atoms with E-state index in [1.807, 2.05) is 18.3 Å². The third-order valence-corrected chi connectivity index (χ3v) is 6.40. The maximum Gasteiger partial charge on any atom is 0.223 e. The molecule has 2 fully saturated rings. The summed E-state index contributed by atoms with van der Waals surface area (Å²) in [5.74, 6) is 2.86. The second-order valence-corrected chi connectivity index (χ2v) is 8.04. The molecule has 5 rings (SSSR count). The van der Waals surface area contributed by atoms with Crippen LogP contribution >= 0.6 is 0 Å². The number of amides is 1. The quantitative estimate of drug-likeness (QED) is 0.853. The minimum atomic E-state index is 0.279. The van der Waals surface area contributed by atoms with E-state index in [1.165, 1.54) is 25.7 Å². The molecule has 2 atom stereocenters. The van der Waals surface area contributed by atoms with Gasteiger partial charge >= 0.3 is 0 Å². The Hall–Kier alpha value is -2.24. The first kappa shape index (κ1) is 16.0. The van der Waals surface area contributed by atoms with Crippen LogP contribution in [-0.2, 0) is 17.8 Å². The normalized spacial score (nSPS) is 25.3. The lowest BCUT2D eigenvalue weighted by atomic mass is 10.0. The molecule has 2 aromatic heterocycles. The Balaban J connectivity index is 1.40. The van der Waals surface area contributed by atoms with E-state index >= 15 is 0 Å². The van der Waals surface area contributed by atoms with Crippen LogP contribution in [0.25, 0.3) is 11.4 Å². The minimum absolute atomic E-state index is 0.279. The molecule has 2 bridgehead atoms. The molecule has 2 aliphatic heterocycles. The van der Waals surface area contributed by atoms with E-state index < -0.39 is 0 Å². The molecular formula is C20H25N5O. The number of pyridine rings is 1. The van der Waals surface area contributed by atoms with Crippen molar-refractivity contribution < 1.29 is 4.79 Å². The molecule has 3 aliphatic rings. The van der Waals surface area contributed by atoms with E-state index in [2.05, 4.69) is 24.6 Å². The maximum absolute atomic E-state index is 13.1. The fourth-order valence-electron chi connectivity index (χ4n) is 5.12. The van der Waals surface area contributed by atoms with E-state index in [0.717, 1.165) is 49.4 Å². The average Bonchev–Trinajstić information content (AvgIpc) is 3.35. The summed E-state index contributed by atoms with van der Waals surface area (Å²) >= 11 is 0. The summed E-state index contributed by atoms with van der Waals surface area (Å²) in [6.07, 6.45) is 12.4. The molecule has 1 aliphatic carbocycles. The zero-order valence-corrected chi connectivity index (χ0v) is 15.0. The number of fused-ring (bicyclic) bond motifs is 3. The lowest BCUT2D eigenvalue weighted by molar-refractivity contribution is -0.135. The number of aromatic nitrogens is 4. The molecule has 0 unspecified atom stereocenters. The summed E-state index contributed by atoms with van der Waals surface area (Å²) < 4.78 is 2.22. The molecule has 1 saturated heterocycles. The van der Waals surface area contributed by atoms with Gasteiger partial charge in [0.05, 0.1) is 6.04 Å². The molecule has 0 N–H and O–H groups in total. The highest BCUT2D eigenvalue weighted by Crippen LogP contribution is 2.35. The first-order chi connectivity index (χ1) is 12.8. The monoisotopic (exact) mass is 351 g/mol. The summed E-state index contributed by atoms with van der Waals surface area (Å²) in [5.41, 5.74) is 0.993. The van der Waals surface area contributed by atoms with E-state index in [1.54, 1.807) is 6.20 Å². The molecule has 26 heavy (non-hydrogen) atoms. The van der Waals surface area contributed by atoms with Crippen molar-refractivity contribution in [1.82, 2.24) is 24.6 Å². The van der Waals surface area contributed by atoms with Crippen molar-refractivity contribution in [2.45, 2.75) is 70.0 Å². The van der Waals surface area contributed by atoms with Crippen LogP contribution in [-0.4, -0.2) is 42.6 Å². The van der Waals surface area contributed by atoms with Gasteiger partial charge in [-0.3, -0.25) is 9.78 Å². The van der Waals surface area contributed by atoms with Crippen LogP contribution in [0.4, 0.5) is 0 Å². The first-order valence-electron chi connectivity index (χ1n) is 9.93. The molecule has 0 radical (unpaired) electrons. The Kier molecular flexibility index (Phi) is 3.98. The third kappa shape index (κ3) is 2.72. The predicted octanol–water partition coefficient (Wildman–Crippen LogP) is 2.84. The summed E-state index contributed by atoms with van der Waals surface area (Å²) in [4.78, 5) is 19.5. The standard InChI is InChI=1S/C20H25N5O/c26-19(10-14-4-1-2-5-14)25-16-7-8-17(25)13-24-18(11-16)22-23-20(24)15-6-3-9-21-12-15/h3,6,9,12,14,16-17H,1-2,4-5,7-8,10-11,13H2/t16-,17+/m0/s1. The van der Waals surface area contributed by atoms with Gasteiger partial charge in [-0.25, -0.2) is 0 Å². The van der Waals surface area contributed by atoms with Crippen LogP contribution in [0.5, 0.6) is 0 Å². The van der Waals surface area contributed by atoms with E-state index in [4.69, 9.17) is 0 Å². The maximum atomic E-state index is 13.1. The molecule has 6 nitrogen and oxygen atoms in total. The SMILES string of the molecule is O=C(CC1CCCC1)N1[C@@H]2CC[C@H]1Cc1nnc(-c3cccnc3)n1C2. The average molecular weight is 351 g/mol. The lowest BCUT2D eigenvalue weighted by Gasteiger charge is -2.29. The topological polar surface area (TPSA) is 63.9 Å². The fraction of sp³-hybridized carbons (Fsp3) is 0.600. The zero-order chi connectivity index (χ0) is 17.5. The highest BCUT2D eigenvalue weighted by atomic mass is 16.2. The highest BCUT2D eigenvalue weighted by molar-refractivity contribution is 5.77. The van der Waals surface area contributed by atoms with Gasteiger partial charge in [-0.2, -0.15) is 0 Å². The van der Waals surface area contributed by atoms with Crippen LogP contribution in [0.2, 0.25) is 0 Å². The fourth-order valence-corrected chi connectivity index (χ4v) is 5.12. The van der Waals surface area contributed by atoms with Crippen LogP contribution in [0, 0.1) is 5.92 Å². The van der Waals surface area contributed by atoms with Crippen molar-refractivity contribution in [2.24, 2.45) is 5.92 Å². The molecule has 2 aromatic rings. The molecule has 6 heteroatoms. The number of hydrogen-bond donors (Lipinski definition) is 0. The van der Waals surface area contributed by atoms with E-state index in [-0.39, 0.29) is 6.04 Å². The second-order valence-electron chi connectivity index (χ2n) is 8.04. The summed E-state index contributed by atoms with van der Waals surface area (Å²) in [7, 11) is 0. The van der Waals surface area contributed by atoms with Crippen molar-refractivity contribution in [3.8, 4) is 11.4 Å². The number of rotatable bonds is 3. The number of carbonyl (C=O) groups excluding carboxylic acids is 1. The third-order valence-electron chi connectivity index (χ3n) is 6.40. The van der Waals surface area contributed by atoms with Crippen molar-refractivity contribution in [2.75, 3.05) is 0 Å². The largest absolute Gasteiger partial charge is 0.334 e. The summed E-state index contributed by atoms with van der Waals surface area (Å²) in [5, 5.41) is 8.89. The van der Waals surface area contributed by atoms with Crippen molar-refractivity contribution in [3.05, 3.63) is 30.4 Å². The van der Waals surface area contributed by atoms with Gasteiger partial charge in [0, 0.05) is 43.4 Å². The smallest absolute Gasteiger partial charge is 0.223 e. The molecule has 0 spiro atoms. The molecular weight excluding hydrogens is 326 g/mol. The van der Waals surface area contributed by atoms with Crippen LogP contribution < -0.4 is 0 Å². The molecule has 136 valence electrons. The van der Waals surface area contributed by atoms with Crippen molar-refractivity contribution >= 4 is 5.91 Å². The Morgan fingerprint density at radius 2 is 1.96 bits per heavy atom.